The molecular formula is C14H14F2N2O4. The average molecular weight is 312 g/mol. The summed E-state index contributed by atoms with van der Waals surface area (Å²) in [4.78, 5) is 0. The maximum atomic E-state index is 14.1. The summed E-state index contributed by atoms with van der Waals surface area (Å²) in [7, 11) is 0. The number of nitrogens with one attached hydrogen (secondary N) is 1. The molecule has 0 spiro atoms. The summed E-state index contributed by atoms with van der Waals surface area (Å²) in [5, 5.41) is 7.15. The Morgan fingerprint density at radius 2 is 1.91 bits per heavy atom. The van der Waals surface area contributed by atoms with Gasteiger partial charge >= 0.3 is 0 Å². The number of aromatic nitrogens is 1. The third kappa shape index (κ3) is 2.23. The van der Waals surface area contributed by atoms with Crippen molar-refractivity contribution in [1.29, 1.82) is 0 Å². The van der Waals surface area contributed by atoms with Gasteiger partial charge in [-0.3, -0.25) is 0 Å². The van der Waals surface area contributed by atoms with Gasteiger partial charge in [0, 0.05) is 18.7 Å². The molecule has 0 amide bonds. The van der Waals surface area contributed by atoms with Crippen LogP contribution in [0.25, 0.3) is 11.0 Å². The molecular weight excluding hydrogens is 298 g/mol. The van der Waals surface area contributed by atoms with Crippen molar-refractivity contribution in [2.45, 2.75) is 18.8 Å². The van der Waals surface area contributed by atoms with Crippen molar-refractivity contribution >= 4 is 16.8 Å². The molecule has 0 aliphatic carbocycles. The van der Waals surface area contributed by atoms with Crippen LogP contribution in [-0.4, -0.2) is 37.6 Å². The van der Waals surface area contributed by atoms with Gasteiger partial charge in [0.2, 0.25) is 11.4 Å². The number of benzene rings is 1. The largest absolute Gasteiger partial charge is 0.376 e. The Kier molecular flexibility index (Phi) is 3.44. The molecule has 0 saturated carbocycles. The number of ether oxygens (including phenoxy) is 3. The molecule has 1 aromatic carbocycles. The summed E-state index contributed by atoms with van der Waals surface area (Å²) in [5.41, 5.74) is -0.218. The van der Waals surface area contributed by atoms with E-state index in [9.17, 15) is 8.78 Å². The van der Waals surface area contributed by atoms with Crippen molar-refractivity contribution in [2.24, 2.45) is 0 Å². The molecule has 2 aliphatic heterocycles. The summed E-state index contributed by atoms with van der Waals surface area (Å²) < 4.78 is 48.9. The summed E-state index contributed by atoms with van der Waals surface area (Å²) in [5.74, 6) is -1.78. The van der Waals surface area contributed by atoms with Gasteiger partial charge in [-0.15, -0.1) is 0 Å². The fourth-order valence-electron chi connectivity index (χ4n) is 2.53. The Labute approximate surface area is 124 Å². The van der Waals surface area contributed by atoms with Crippen molar-refractivity contribution in [3.8, 4) is 0 Å². The molecule has 2 aromatic rings. The van der Waals surface area contributed by atoms with E-state index in [4.69, 9.17) is 18.7 Å². The Morgan fingerprint density at radius 1 is 1.14 bits per heavy atom. The molecule has 8 heteroatoms. The van der Waals surface area contributed by atoms with Crippen LogP contribution < -0.4 is 5.32 Å². The maximum Gasteiger partial charge on any atom is 0.207 e. The smallest absolute Gasteiger partial charge is 0.207 e. The highest BCUT2D eigenvalue weighted by molar-refractivity contribution is 5.89. The first-order valence-corrected chi connectivity index (χ1v) is 7.10. The van der Waals surface area contributed by atoms with Crippen LogP contribution in [0.5, 0.6) is 0 Å². The SMILES string of the molecule is Fc1c(C2OCCO2)cc2c(NCC3CCO3)noc2c1F. The van der Waals surface area contributed by atoms with E-state index in [-0.39, 0.29) is 17.3 Å². The summed E-state index contributed by atoms with van der Waals surface area (Å²) in [6, 6.07) is 1.45. The quantitative estimate of drug-likeness (QED) is 0.935. The third-order valence-corrected chi connectivity index (χ3v) is 3.84. The molecule has 1 unspecified atom stereocenters. The molecule has 22 heavy (non-hydrogen) atoms. The monoisotopic (exact) mass is 312 g/mol. The van der Waals surface area contributed by atoms with Crippen molar-refractivity contribution in [3.63, 3.8) is 0 Å². The zero-order valence-corrected chi connectivity index (χ0v) is 11.6. The fraction of sp³-hybridized carbons (Fsp3) is 0.500. The zero-order valence-electron chi connectivity index (χ0n) is 11.6. The highest BCUT2D eigenvalue weighted by Crippen LogP contribution is 2.34. The first kappa shape index (κ1) is 13.9. The number of rotatable bonds is 4. The lowest BCUT2D eigenvalue weighted by Crippen LogP contribution is -2.33. The number of halogens is 2. The van der Waals surface area contributed by atoms with Crippen LogP contribution in [0.1, 0.15) is 18.3 Å². The minimum atomic E-state index is -1.09. The van der Waals surface area contributed by atoms with Crippen molar-refractivity contribution in [3.05, 3.63) is 23.3 Å². The van der Waals surface area contributed by atoms with E-state index in [1.165, 1.54) is 6.07 Å². The van der Waals surface area contributed by atoms with Gasteiger partial charge in [0.15, 0.2) is 17.9 Å². The normalized spacial score (nSPS) is 22.2. The number of hydrogen-bond donors (Lipinski definition) is 1. The molecule has 0 bridgehead atoms. The highest BCUT2D eigenvalue weighted by Gasteiger charge is 2.28. The minimum absolute atomic E-state index is 0.00800. The van der Waals surface area contributed by atoms with Crippen LogP contribution in [0.3, 0.4) is 0 Å². The summed E-state index contributed by atoms with van der Waals surface area (Å²) in [6.07, 6.45) is 0.162. The second-order valence-corrected chi connectivity index (χ2v) is 5.24. The van der Waals surface area contributed by atoms with E-state index < -0.39 is 17.9 Å². The number of anilines is 1. The molecule has 6 nitrogen and oxygen atoms in total. The molecule has 2 aliphatic rings. The second-order valence-electron chi connectivity index (χ2n) is 5.24. The Bertz CT molecular complexity index is 696. The Balaban J connectivity index is 1.69. The van der Waals surface area contributed by atoms with Gasteiger partial charge in [-0.1, -0.05) is 5.16 Å². The first-order valence-electron chi connectivity index (χ1n) is 7.10. The van der Waals surface area contributed by atoms with Gasteiger partial charge in [0.1, 0.15) is 0 Å². The average Bonchev–Trinajstić information content (AvgIpc) is 3.10. The van der Waals surface area contributed by atoms with E-state index in [1.807, 2.05) is 0 Å². The number of nitrogens with zero attached hydrogens (tertiary/aromatic N) is 1. The molecule has 2 saturated heterocycles. The van der Waals surface area contributed by atoms with E-state index in [2.05, 4.69) is 10.5 Å². The van der Waals surface area contributed by atoms with Crippen LogP contribution in [0.15, 0.2) is 10.6 Å². The molecule has 1 N–H and O–H groups in total. The van der Waals surface area contributed by atoms with E-state index >= 15 is 0 Å². The van der Waals surface area contributed by atoms with Gasteiger partial charge in [0.25, 0.3) is 0 Å². The minimum Gasteiger partial charge on any atom is -0.376 e. The standard InChI is InChI=1S/C14H14F2N2O4/c15-10-8(14-20-3-4-21-14)5-9-12(11(10)16)22-18-13(9)17-6-7-1-2-19-7/h5,7,14H,1-4,6H2,(H,17,18). The summed E-state index contributed by atoms with van der Waals surface area (Å²) >= 11 is 0. The number of fused-ring (bicyclic) bond motifs is 1. The lowest BCUT2D eigenvalue weighted by Gasteiger charge is -2.26. The third-order valence-electron chi connectivity index (χ3n) is 3.84. The van der Waals surface area contributed by atoms with Crippen LogP contribution in [0, 0.1) is 11.6 Å². The molecule has 0 radical (unpaired) electrons. The maximum absolute atomic E-state index is 14.1. The van der Waals surface area contributed by atoms with Crippen LogP contribution >= 0.6 is 0 Å². The highest BCUT2D eigenvalue weighted by atomic mass is 19.2. The number of hydrogen-bond acceptors (Lipinski definition) is 6. The molecule has 118 valence electrons. The first-order chi connectivity index (χ1) is 10.7. The lowest BCUT2D eigenvalue weighted by molar-refractivity contribution is -0.0467. The predicted octanol–water partition coefficient (Wildman–Crippen LogP) is 2.35. The fourth-order valence-corrected chi connectivity index (χ4v) is 2.53. The van der Waals surface area contributed by atoms with Gasteiger partial charge in [-0.2, -0.15) is 4.39 Å². The van der Waals surface area contributed by atoms with Gasteiger partial charge < -0.3 is 24.1 Å². The van der Waals surface area contributed by atoms with E-state index in [0.717, 1.165) is 13.0 Å². The van der Waals surface area contributed by atoms with Crippen LogP contribution in [0.2, 0.25) is 0 Å². The van der Waals surface area contributed by atoms with Gasteiger partial charge in [-0.25, -0.2) is 4.39 Å². The molecule has 4 rings (SSSR count). The molecule has 1 atom stereocenters. The Hall–Kier alpha value is -1.77. The Morgan fingerprint density at radius 3 is 2.59 bits per heavy atom. The molecule has 1 aromatic heterocycles. The molecule has 2 fully saturated rings. The van der Waals surface area contributed by atoms with Gasteiger partial charge in [0.05, 0.1) is 24.7 Å². The predicted molar refractivity (Wildman–Crippen MR) is 71.4 cm³/mol. The van der Waals surface area contributed by atoms with Crippen LogP contribution in [-0.2, 0) is 14.2 Å². The molecule has 3 heterocycles. The topological polar surface area (TPSA) is 65.8 Å². The van der Waals surface area contributed by atoms with Crippen molar-refractivity contribution in [1.82, 2.24) is 5.16 Å². The van der Waals surface area contributed by atoms with E-state index in [0.29, 0.717) is 31.0 Å². The zero-order chi connectivity index (χ0) is 15.1. The van der Waals surface area contributed by atoms with Crippen molar-refractivity contribution < 1.29 is 27.5 Å². The van der Waals surface area contributed by atoms with Crippen molar-refractivity contribution in [2.75, 3.05) is 31.7 Å². The van der Waals surface area contributed by atoms with Crippen LogP contribution in [0.4, 0.5) is 14.6 Å². The van der Waals surface area contributed by atoms with Gasteiger partial charge in [-0.05, 0) is 12.5 Å². The lowest BCUT2D eigenvalue weighted by atomic mass is 10.1. The summed E-state index contributed by atoms with van der Waals surface area (Å²) in [6.45, 7) is 1.97. The second kappa shape index (κ2) is 5.45. The van der Waals surface area contributed by atoms with E-state index in [1.54, 1.807) is 0 Å².